The van der Waals surface area contributed by atoms with Crippen LogP contribution in [0.1, 0.15) is 5.76 Å². The number of hydrogen-bond donors (Lipinski definition) is 1. The number of hydrazone groups is 1. The minimum Gasteiger partial charge on any atom is -0.463 e. The van der Waals surface area contributed by atoms with Gasteiger partial charge in [0.1, 0.15) is 5.76 Å². The molecular formula is C17H17N3O3S. The molecule has 2 aromatic carbocycles. The Morgan fingerprint density at radius 3 is 2.50 bits per heavy atom. The predicted molar refractivity (Wildman–Crippen MR) is 94.9 cm³/mol. The van der Waals surface area contributed by atoms with Gasteiger partial charge in [0.2, 0.25) is 0 Å². The Balaban J connectivity index is 2.00. The normalized spacial score (nSPS) is 11.9. The molecule has 0 spiro atoms. The molecule has 0 saturated carbocycles. The van der Waals surface area contributed by atoms with Crippen LogP contribution in [0.25, 0.3) is 10.8 Å². The number of nitrogens with zero attached hydrogens (tertiary/aromatic N) is 2. The van der Waals surface area contributed by atoms with Crippen LogP contribution in [0, 0.1) is 0 Å². The van der Waals surface area contributed by atoms with E-state index in [0.29, 0.717) is 11.1 Å². The minimum atomic E-state index is -3.79. The van der Waals surface area contributed by atoms with E-state index in [-0.39, 0.29) is 4.90 Å². The summed E-state index contributed by atoms with van der Waals surface area (Å²) in [6.07, 6.45) is 2.80. The van der Waals surface area contributed by atoms with Gasteiger partial charge in [-0.2, -0.15) is 18.4 Å². The first kappa shape index (κ1) is 16.1. The van der Waals surface area contributed by atoms with E-state index in [2.05, 4.69) is 9.93 Å². The summed E-state index contributed by atoms with van der Waals surface area (Å²) in [7, 11) is 0.0463. The van der Waals surface area contributed by atoms with Gasteiger partial charge in [-0.05, 0) is 24.3 Å². The van der Waals surface area contributed by atoms with Gasteiger partial charge in [-0.3, -0.25) is 0 Å². The standard InChI is InChI=1S/C17H17N3O3S/c1-20(2)16-9-3-8-15-14(16)7-4-10-17(15)24(21,22)19-18-12-13-6-5-11-23-13/h3-12,19H,1-2H3/b18-12+. The lowest BCUT2D eigenvalue weighted by Crippen LogP contribution is -2.19. The van der Waals surface area contributed by atoms with Gasteiger partial charge in [-0.15, -0.1) is 0 Å². The highest BCUT2D eigenvalue weighted by Crippen LogP contribution is 2.29. The third kappa shape index (κ3) is 3.11. The van der Waals surface area contributed by atoms with Crippen LogP contribution in [0.15, 0.2) is 69.2 Å². The van der Waals surface area contributed by atoms with Gasteiger partial charge in [0.25, 0.3) is 10.0 Å². The molecular weight excluding hydrogens is 326 g/mol. The number of furan rings is 1. The van der Waals surface area contributed by atoms with Gasteiger partial charge in [-0.1, -0.05) is 24.3 Å². The van der Waals surface area contributed by atoms with Crippen molar-refractivity contribution >= 4 is 32.7 Å². The van der Waals surface area contributed by atoms with Crippen LogP contribution in [-0.2, 0) is 10.0 Å². The Labute approximate surface area is 140 Å². The maximum Gasteiger partial charge on any atom is 0.277 e. The van der Waals surface area contributed by atoms with Crippen molar-refractivity contribution in [3.8, 4) is 0 Å². The van der Waals surface area contributed by atoms with E-state index in [1.165, 1.54) is 12.5 Å². The number of rotatable bonds is 5. The number of anilines is 1. The van der Waals surface area contributed by atoms with Crippen molar-refractivity contribution in [1.82, 2.24) is 4.83 Å². The number of hydrogen-bond acceptors (Lipinski definition) is 5. The van der Waals surface area contributed by atoms with Gasteiger partial charge < -0.3 is 9.32 Å². The largest absolute Gasteiger partial charge is 0.463 e. The van der Waals surface area contributed by atoms with Crippen molar-refractivity contribution in [1.29, 1.82) is 0 Å². The van der Waals surface area contributed by atoms with Crippen molar-refractivity contribution in [3.05, 3.63) is 60.6 Å². The van der Waals surface area contributed by atoms with Crippen LogP contribution < -0.4 is 9.73 Å². The number of nitrogens with one attached hydrogen (secondary N) is 1. The lowest BCUT2D eigenvalue weighted by atomic mass is 10.1. The lowest BCUT2D eigenvalue weighted by molar-refractivity contribution is 0.559. The highest BCUT2D eigenvalue weighted by atomic mass is 32.2. The third-order valence-electron chi connectivity index (χ3n) is 3.54. The molecule has 7 heteroatoms. The highest BCUT2D eigenvalue weighted by Gasteiger charge is 2.17. The number of fused-ring (bicyclic) bond motifs is 1. The first-order valence-corrected chi connectivity index (χ1v) is 8.75. The summed E-state index contributed by atoms with van der Waals surface area (Å²) in [6, 6.07) is 14.1. The van der Waals surface area contributed by atoms with Crippen molar-refractivity contribution in [2.45, 2.75) is 4.90 Å². The zero-order valence-corrected chi connectivity index (χ0v) is 14.1. The van der Waals surface area contributed by atoms with E-state index in [9.17, 15) is 8.42 Å². The van der Waals surface area contributed by atoms with E-state index in [1.807, 2.05) is 37.2 Å². The van der Waals surface area contributed by atoms with E-state index >= 15 is 0 Å². The lowest BCUT2D eigenvalue weighted by Gasteiger charge is -2.16. The molecule has 0 aliphatic heterocycles. The molecule has 1 N–H and O–H groups in total. The Morgan fingerprint density at radius 1 is 1.04 bits per heavy atom. The van der Waals surface area contributed by atoms with Crippen molar-refractivity contribution in [2.24, 2.45) is 5.10 Å². The second-order valence-corrected chi connectivity index (χ2v) is 7.02. The summed E-state index contributed by atoms with van der Waals surface area (Å²) < 4.78 is 30.3. The molecule has 0 unspecified atom stereocenters. The molecule has 1 heterocycles. The van der Waals surface area contributed by atoms with Crippen LogP contribution in [0.3, 0.4) is 0 Å². The summed E-state index contributed by atoms with van der Waals surface area (Å²) >= 11 is 0. The molecule has 0 aliphatic carbocycles. The monoisotopic (exact) mass is 343 g/mol. The summed E-state index contributed by atoms with van der Waals surface area (Å²) in [6.45, 7) is 0. The second-order valence-electron chi connectivity index (χ2n) is 5.39. The molecule has 0 bridgehead atoms. The quantitative estimate of drug-likeness (QED) is 0.571. The molecule has 3 rings (SSSR count). The zero-order chi connectivity index (χ0) is 17.2. The molecule has 1 aromatic heterocycles. The first-order chi connectivity index (χ1) is 11.5. The van der Waals surface area contributed by atoms with Gasteiger partial charge in [0, 0.05) is 30.6 Å². The molecule has 0 saturated heterocycles. The summed E-state index contributed by atoms with van der Waals surface area (Å²) in [5.74, 6) is 0.463. The fraction of sp³-hybridized carbons (Fsp3) is 0.118. The van der Waals surface area contributed by atoms with Crippen LogP contribution >= 0.6 is 0 Å². The Hall–Kier alpha value is -2.80. The van der Waals surface area contributed by atoms with Gasteiger partial charge in [0.15, 0.2) is 0 Å². The van der Waals surface area contributed by atoms with E-state index < -0.39 is 10.0 Å². The maximum absolute atomic E-state index is 12.6. The Bertz CT molecular complexity index is 977. The highest BCUT2D eigenvalue weighted by molar-refractivity contribution is 7.89. The average molecular weight is 343 g/mol. The molecule has 0 radical (unpaired) electrons. The Kier molecular flexibility index (Phi) is 4.26. The predicted octanol–water partition coefficient (Wildman–Crippen LogP) is 2.81. The van der Waals surface area contributed by atoms with Crippen molar-refractivity contribution in [2.75, 3.05) is 19.0 Å². The fourth-order valence-corrected chi connectivity index (χ4v) is 3.48. The van der Waals surface area contributed by atoms with Gasteiger partial charge in [0.05, 0.1) is 17.4 Å². The van der Waals surface area contributed by atoms with Crippen molar-refractivity contribution < 1.29 is 12.8 Å². The van der Waals surface area contributed by atoms with E-state index in [0.717, 1.165) is 11.1 Å². The molecule has 0 fully saturated rings. The van der Waals surface area contributed by atoms with E-state index in [1.54, 1.807) is 30.3 Å². The maximum atomic E-state index is 12.6. The van der Waals surface area contributed by atoms with Crippen LogP contribution in [0.2, 0.25) is 0 Å². The third-order valence-corrected chi connectivity index (χ3v) is 4.82. The van der Waals surface area contributed by atoms with Gasteiger partial charge >= 0.3 is 0 Å². The zero-order valence-electron chi connectivity index (χ0n) is 13.3. The average Bonchev–Trinajstić information content (AvgIpc) is 3.06. The number of benzene rings is 2. The number of sulfonamides is 1. The van der Waals surface area contributed by atoms with Gasteiger partial charge in [-0.25, -0.2) is 0 Å². The van der Waals surface area contributed by atoms with Crippen LogP contribution in [0.4, 0.5) is 5.69 Å². The molecule has 6 nitrogen and oxygen atoms in total. The fourth-order valence-electron chi connectivity index (χ4n) is 2.46. The molecule has 24 heavy (non-hydrogen) atoms. The summed E-state index contributed by atoms with van der Waals surface area (Å²) in [4.78, 5) is 4.35. The first-order valence-electron chi connectivity index (χ1n) is 7.26. The van der Waals surface area contributed by atoms with Crippen LogP contribution in [-0.4, -0.2) is 28.7 Å². The smallest absolute Gasteiger partial charge is 0.277 e. The molecule has 124 valence electrons. The second kappa shape index (κ2) is 6.37. The molecule has 0 atom stereocenters. The summed E-state index contributed by atoms with van der Waals surface area (Å²) in [5.41, 5.74) is 0.948. The summed E-state index contributed by atoms with van der Waals surface area (Å²) in [5, 5.41) is 5.26. The topological polar surface area (TPSA) is 74.9 Å². The minimum absolute atomic E-state index is 0.181. The SMILES string of the molecule is CN(C)c1cccc2c(S(=O)(=O)N/N=C/c3ccco3)cccc12. The molecule has 0 amide bonds. The molecule has 0 aliphatic rings. The van der Waals surface area contributed by atoms with Crippen LogP contribution in [0.5, 0.6) is 0 Å². The van der Waals surface area contributed by atoms with E-state index in [4.69, 9.17) is 4.42 Å². The Morgan fingerprint density at radius 2 is 1.79 bits per heavy atom. The van der Waals surface area contributed by atoms with Crippen molar-refractivity contribution in [3.63, 3.8) is 0 Å². The molecule has 3 aromatic rings.